The third-order valence-corrected chi connectivity index (χ3v) is 5.21. The number of carbonyl (C=O) groups is 2. The summed E-state index contributed by atoms with van der Waals surface area (Å²) in [6.07, 6.45) is 1.55. The minimum Gasteiger partial charge on any atom is -0.497 e. The van der Waals surface area contributed by atoms with Crippen molar-refractivity contribution in [1.82, 2.24) is 0 Å². The lowest BCUT2D eigenvalue weighted by Gasteiger charge is -2.23. The molecule has 0 aliphatic carbocycles. The number of ketones is 1. The van der Waals surface area contributed by atoms with E-state index in [-0.39, 0.29) is 23.4 Å². The molecule has 0 unspecified atom stereocenters. The van der Waals surface area contributed by atoms with E-state index in [1.54, 1.807) is 18.2 Å². The predicted octanol–water partition coefficient (Wildman–Crippen LogP) is 3.74. The zero-order valence-corrected chi connectivity index (χ0v) is 17.3. The first kappa shape index (κ1) is 20.5. The molecule has 0 amide bonds. The molecular formula is C23H25NO5. The van der Waals surface area contributed by atoms with Gasteiger partial charge in [0, 0.05) is 29.9 Å². The lowest BCUT2D eigenvalue weighted by molar-refractivity contribution is -0.117. The molecule has 0 radical (unpaired) electrons. The normalized spacial score (nSPS) is 15.8. The number of allylic oxidation sites excluding steroid dienone is 1. The van der Waals surface area contributed by atoms with Crippen molar-refractivity contribution in [2.45, 2.75) is 19.3 Å². The number of rotatable bonds is 6. The second kappa shape index (κ2) is 7.99. The number of carbonyl (C=O) groups excluding carboxylic acids is 2. The van der Waals surface area contributed by atoms with Crippen LogP contribution in [0.1, 0.15) is 29.8 Å². The minimum atomic E-state index is -0.644. The van der Waals surface area contributed by atoms with Crippen LogP contribution in [0, 0.1) is 0 Å². The molecule has 0 fully saturated rings. The Balaban J connectivity index is 1.75. The van der Waals surface area contributed by atoms with Crippen LogP contribution in [0.3, 0.4) is 0 Å². The van der Waals surface area contributed by atoms with Crippen molar-refractivity contribution in [2.75, 3.05) is 32.8 Å². The summed E-state index contributed by atoms with van der Waals surface area (Å²) in [6.45, 7) is 3.78. The summed E-state index contributed by atoms with van der Waals surface area (Å²) in [5, 5.41) is 0. The number of esters is 1. The molecule has 0 atom stereocenters. The molecule has 6 heteroatoms. The van der Waals surface area contributed by atoms with Crippen LogP contribution in [0.2, 0.25) is 0 Å². The van der Waals surface area contributed by atoms with E-state index in [1.807, 2.05) is 30.1 Å². The number of likely N-dealkylation sites (N-methyl/N-ethyl adjacent to an activating group) is 1. The van der Waals surface area contributed by atoms with Crippen molar-refractivity contribution < 1.29 is 23.8 Å². The van der Waals surface area contributed by atoms with E-state index >= 15 is 0 Å². The number of para-hydroxylation sites is 1. The lowest BCUT2D eigenvalue weighted by Crippen LogP contribution is -2.25. The van der Waals surface area contributed by atoms with Gasteiger partial charge in [0.05, 0.1) is 14.2 Å². The lowest BCUT2D eigenvalue weighted by atomic mass is 9.83. The predicted molar refractivity (Wildman–Crippen MR) is 111 cm³/mol. The van der Waals surface area contributed by atoms with E-state index in [9.17, 15) is 9.59 Å². The molecule has 0 aromatic heterocycles. The van der Waals surface area contributed by atoms with Gasteiger partial charge in [-0.2, -0.15) is 0 Å². The molecule has 6 nitrogen and oxygen atoms in total. The third kappa shape index (κ3) is 3.83. The molecule has 29 heavy (non-hydrogen) atoms. The number of nitrogens with zero attached hydrogens (tertiary/aromatic N) is 1. The highest BCUT2D eigenvalue weighted by atomic mass is 16.5. The molecule has 2 aromatic rings. The first-order valence-corrected chi connectivity index (χ1v) is 9.27. The van der Waals surface area contributed by atoms with E-state index in [4.69, 9.17) is 14.2 Å². The van der Waals surface area contributed by atoms with Crippen LogP contribution < -0.4 is 14.4 Å². The summed E-state index contributed by atoms with van der Waals surface area (Å²) in [6, 6.07) is 12.9. The average molecular weight is 395 g/mol. The van der Waals surface area contributed by atoms with Crippen LogP contribution in [0.5, 0.6) is 11.5 Å². The van der Waals surface area contributed by atoms with Gasteiger partial charge in [-0.05, 0) is 29.8 Å². The van der Waals surface area contributed by atoms with Gasteiger partial charge in [-0.15, -0.1) is 0 Å². The Labute approximate surface area is 170 Å². The highest BCUT2D eigenvalue weighted by Gasteiger charge is 2.38. The van der Waals surface area contributed by atoms with E-state index in [1.165, 1.54) is 20.3 Å². The maximum absolute atomic E-state index is 12.6. The standard InChI is InChI=1S/C23H25NO5/c1-23(2)18-8-6-7-9-19(18)24(3)21(23)12-15(25)14-29-22(26)17-13-16(27-4)10-11-20(17)28-5/h6-13H,14H2,1-5H3. The molecule has 2 aromatic carbocycles. The Morgan fingerprint density at radius 3 is 2.45 bits per heavy atom. The van der Waals surface area contributed by atoms with Crippen molar-refractivity contribution in [2.24, 2.45) is 0 Å². The van der Waals surface area contributed by atoms with Gasteiger partial charge in [0.25, 0.3) is 0 Å². The fraction of sp³-hybridized carbons (Fsp3) is 0.304. The van der Waals surface area contributed by atoms with Crippen molar-refractivity contribution in [3.8, 4) is 11.5 Å². The number of hydrogen-bond acceptors (Lipinski definition) is 6. The summed E-state index contributed by atoms with van der Waals surface area (Å²) < 4.78 is 15.6. The zero-order valence-electron chi connectivity index (χ0n) is 17.3. The highest BCUT2D eigenvalue weighted by Crippen LogP contribution is 2.46. The first-order valence-electron chi connectivity index (χ1n) is 9.27. The summed E-state index contributed by atoms with van der Waals surface area (Å²) in [7, 11) is 4.90. The van der Waals surface area contributed by atoms with Crippen molar-refractivity contribution in [1.29, 1.82) is 0 Å². The average Bonchev–Trinajstić information content (AvgIpc) is 2.92. The molecule has 3 rings (SSSR count). The molecular weight excluding hydrogens is 370 g/mol. The van der Waals surface area contributed by atoms with Crippen molar-refractivity contribution >= 4 is 17.4 Å². The first-order chi connectivity index (χ1) is 13.8. The number of benzene rings is 2. The summed E-state index contributed by atoms with van der Waals surface area (Å²) >= 11 is 0. The zero-order chi connectivity index (χ0) is 21.2. The monoisotopic (exact) mass is 395 g/mol. The molecule has 0 bridgehead atoms. The van der Waals surface area contributed by atoms with Crippen LogP contribution in [0.25, 0.3) is 0 Å². The number of hydrogen-bond donors (Lipinski definition) is 0. The maximum atomic E-state index is 12.6. The molecule has 0 saturated carbocycles. The quantitative estimate of drug-likeness (QED) is 0.548. The largest absolute Gasteiger partial charge is 0.497 e. The Bertz CT molecular complexity index is 977. The Morgan fingerprint density at radius 2 is 1.79 bits per heavy atom. The Kier molecular flexibility index (Phi) is 5.64. The second-order valence-corrected chi connectivity index (χ2v) is 7.34. The number of fused-ring (bicyclic) bond motifs is 1. The van der Waals surface area contributed by atoms with E-state index < -0.39 is 5.97 Å². The van der Waals surface area contributed by atoms with Crippen LogP contribution in [-0.4, -0.2) is 39.6 Å². The Morgan fingerprint density at radius 1 is 1.07 bits per heavy atom. The van der Waals surface area contributed by atoms with Gasteiger partial charge in [-0.25, -0.2) is 4.79 Å². The van der Waals surface area contributed by atoms with E-state index in [0.717, 1.165) is 16.9 Å². The topological polar surface area (TPSA) is 65.1 Å². The van der Waals surface area contributed by atoms with Gasteiger partial charge in [-0.1, -0.05) is 32.0 Å². The summed E-state index contributed by atoms with van der Waals surface area (Å²) in [5.74, 6) is -0.0789. The second-order valence-electron chi connectivity index (χ2n) is 7.34. The number of anilines is 1. The summed E-state index contributed by atoms with van der Waals surface area (Å²) in [5.41, 5.74) is 2.96. The molecule has 0 spiro atoms. The SMILES string of the molecule is COc1ccc(OC)c(C(=O)OCC(=O)C=C2N(C)c3ccccc3C2(C)C)c1. The highest BCUT2D eigenvalue weighted by molar-refractivity contribution is 5.97. The number of ether oxygens (including phenoxy) is 3. The van der Waals surface area contributed by atoms with E-state index in [2.05, 4.69) is 19.9 Å². The molecule has 152 valence electrons. The van der Waals surface area contributed by atoms with Crippen LogP contribution in [0.15, 0.2) is 54.2 Å². The van der Waals surface area contributed by atoms with E-state index in [0.29, 0.717) is 11.5 Å². The summed E-state index contributed by atoms with van der Waals surface area (Å²) in [4.78, 5) is 27.0. The van der Waals surface area contributed by atoms with Gasteiger partial charge in [0.2, 0.25) is 0 Å². The molecule has 1 aliphatic heterocycles. The Hall–Kier alpha value is -3.28. The third-order valence-electron chi connectivity index (χ3n) is 5.21. The van der Waals surface area contributed by atoms with Crippen molar-refractivity contribution in [3.05, 3.63) is 65.4 Å². The van der Waals surface area contributed by atoms with Gasteiger partial charge in [0.15, 0.2) is 12.4 Å². The molecule has 1 aliphatic rings. The van der Waals surface area contributed by atoms with Gasteiger partial charge in [0.1, 0.15) is 17.1 Å². The fourth-order valence-corrected chi connectivity index (χ4v) is 3.64. The van der Waals surface area contributed by atoms with Gasteiger partial charge < -0.3 is 19.1 Å². The van der Waals surface area contributed by atoms with Crippen LogP contribution in [0.4, 0.5) is 5.69 Å². The minimum absolute atomic E-state index is 0.207. The van der Waals surface area contributed by atoms with Crippen molar-refractivity contribution in [3.63, 3.8) is 0 Å². The molecule has 0 saturated heterocycles. The smallest absolute Gasteiger partial charge is 0.342 e. The molecule has 0 N–H and O–H groups in total. The van der Waals surface area contributed by atoms with Gasteiger partial charge in [-0.3, -0.25) is 4.79 Å². The maximum Gasteiger partial charge on any atom is 0.342 e. The van der Waals surface area contributed by atoms with Crippen LogP contribution >= 0.6 is 0 Å². The fourth-order valence-electron chi connectivity index (χ4n) is 3.64. The molecule has 1 heterocycles. The number of methoxy groups -OCH3 is 2. The van der Waals surface area contributed by atoms with Crippen LogP contribution in [-0.2, 0) is 14.9 Å². The van der Waals surface area contributed by atoms with Gasteiger partial charge >= 0.3 is 5.97 Å².